The standard InChI is InChI=1S/C17H9NS/c18-10-12-9-11-5-1-2-6-13(11)17-16(12)14-7-3-4-8-15(14)19-17/h1-9H. The molecule has 0 aliphatic rings. The molecule has 0 aliphatic carbocycles. The second-order valence-corrected chi connectivity index (χ2v) is 5.61. The van der Waals surface area contributed by atoms with Crippen molar-refractivity contribution in [3.63, 3.8) is 0 Å². The second-order valence-electron chi connectivity index (χ2n) is 4.56. The first-order valence-electron chi connectivity index (χ1n) is 6.11. The van der Waals surface area contributed by atoms with E-state index in [0.717, 1.165) is 16.3 Å². The minimum Gasteiger partial charge on any atom is -0.192 e. The minimum atomic E-state index is 0.770. The average molecular weight is 259 g/mol. The van der Waals surface area contributed by atoms with E-state index in [1.54, 1.807) is 11.3 Å². The van der Waals surface area contributed by atoms with Crippen LogP contribution in [0.2, 0.25) is 0 Å². The quantitative estimate of drug-likeness (QED) is 0.432. The Balaban J connectivity index is 2.39. The predicted molar refractivity (Wildman–Crippen MR) is 81.6 cm³/mol. The van der Waals surface area contributed by atoms with Gasteiger partial charge in [-0.05, 0) is 22.9 Å². The fourth-order valence-corrected chi connectivity index (χ4v) is 3.91. The summed E-state index contributed by atoms with van der Waals surface area (Å²) in [5, 5.41) is 14.1. The Morgan fingerprint density at radius 1 is 0.895 bits per heavy atom. The molecule has 0 unspecified atom stereocenters. The van der Waals surface area contributed by atoms with Crippen LogP contribution in [-0.4, -0.2) is 0 Å². The molecule has 0 bridgehead atoms. The number of nitriles is 1. The van der Waals surface area contributed by atoms with Gasteiger partial charge in [0.15, 0.2) is 0 Å². The van der Waals surface area contributed by atoms with Crippen LogP contribution in [-0.2, 0) is 0 Å². The summed E-state index contributed by atoms with van der Waals surface area (Å²) in [7, 11) is 0. The summed E-state index contributed by atoms with van der Waals surface area (Å²) in [6, 6.07) is 20.9. The summed E-state index contributed by atoms with van der Waals surface area (Å²) in [4.78, 5) is 0. The summed E-state index contributed by atoms with van der Waals surface area (Å²) in [5.41, 5.74) is 0.770. The van der Waals surface area contributed by atoms with Crippen molar-refractivity contribution in [1.29, 1.82) is 5.26 Å². The van der Waals surface area contributed by atoms with E-state index >= 15 is 0 Å². The van der Waals surface area contributed by atoms with Gasteiger partial charge >= 0.3 is 0 Å². The second kappa shape index (κ2) is 3.81. The van der Waals surface area contributed by atoms with E-state index < -0.39 is 0 Å². The topological polar surface area (TPSA) is 23.8 Å². The zero-order valence-corrected chi connectivity index (χ0v) is 10.9. The van der Waals surface area contributed by atoms with Crippen LogP contribution in [0.25, 0.3) is 30.9 Å². The Labute approximate surface area is 114 Å². The normalized spacial score (nSPS) is 11.1. The number of rotatable bonds is 0. The van der Waals surface area contributed by atoms with E-state index in [-0.39, 0.29) is 0 Å². The van der Waals surface area contributed by atoms with Gasteiger partial charge in [0.25, 0.3) is 0 Å². The summed E-state index contributed by atoms with van der Waals surface area (Å²) >= 11 is 1.77. The lowest BCUT2D eigenvalue weighted by molar-refractivity contribution is 1.51. The molecule has 1 nitrogen and oxygen atoms in total. The average Bonchev–Trinajstić information content (AvgIpc) is 2.86. The molecule has 1 heterocycles. The molecule has 2 heteroatoms. The largest absolute Gasteiger partial charge is 0.192 e. The van der Waals surface area contributed by atoms with E-state index in [0.29, 0.717) is 0 Å². The highest BCUT2D eigenvalue weighted by Gasteiger charge is 2.12. The maximum absolute atomic E-state index is 9.43. The number of hydrogen-bond donors (Lipinski definition) is 0. The molecule has 0 spiro atoms. The van der Waals surface area contributed by atoms with Crippen LogP contribution in [0.4, 0.5) is 0 Å². The van der Waals surface area contributed by atoms with Crippen molar-refractivity contribution in [2.45, 2.75) is 0 Å². The van der Waals surface area contributed by atoms with Gasteiger partial charge in [0, 0.05) is 20.2 Å². The minimum absolute atomic E-state index is 0.770. The van der Waals surface area contributed by atoms with Gasteiger partial charge in [0.1, 0.15) is 0 Å². The molecule has 0 aliphatic heterocycles. The first kappa shape index (κ1) is 10.5. The zero-order valence-electron chi connectivity index (χ0n) is 10.1. The van der Waals surface area contributed by atoms with Gasteiger partial charge in [-0.3, -0.25) is 0 Å². The molecule has 0 saturated carbocycles. The zero-order chi connectivity index (χ0) is 12.8. The molecule has 4 rings (SSSR count). The van der Waals surface area contributed by atoms with Gasteiger partial charge in [0.05, 0.1) is 11.6 Å². The van der Waals surface area contributed by atoms with Gasteiger partial charge < -0.3 is 0 Å². The van der Waals surface area contributed by atoms with Gasteiger partial charge in [0.2, 0.25) is 0 Å². The van der Waals surface area contributed by atoms with E-state index in [4.69, 9.17) is 0 Å². The van der Waals surface area contributed by atoms with Crippen molar-refractivity contribution in [1.82, 2.24) is 0 Å². The molecule has 0 amide bonds. The van der Waals surface area contributed by atoms with Crippen LogP contribution in [0.15, 0.2) is 54.6 Å². The number of benzene rings is 3. The molecule has 0 radical (unpaired) electrons. The highest BCUT2D eigenvalue weighted by atomic mass is 32.1. The van der Waals surface area contributed by atoms with Crippen molar-refractivity contribution >= 4 is 42.3 Å². The third-order valence-corrected chi connectivity index (χ3v) is 4.69. The van der Waals surface area contributed by atoms with Crippen molar-refractivity contribution in [3.8, 4) is 6.07 Å². The maximum Gasteiger partial charge on any atom is 0.0998 e. The summed E-state index contributed by atoms with van der Waals surface area (Å²) in [6.07, 6.45) is 0. The molecular weight excluding hydrogens is 250 g/mol. The number of hydrogen-bond acceptors (Lipinski definition) is 2. The molecule has 4 aromatic rings. The van der Waals surface area contributed by atoms with E-state index in [1.165, 1.54) is 20.2 Å². The fourth-order valence-electron chi connectivity index (χ4n) is 2.65. The molecule has 88 valence electrons. The SMILES string of the molecule is N#Cc1cc2ccccc2c2sc3ccccc3c12. The van der Waals surface area contributed by atoms with Crippen LogP contribution in [0, 0.1) is 11.3 Å². The Morgan fingerprint density at radius 2 is 1.63 bits per heavy atom. The lowest BCUT2D eigenvalue weighted by atomic mass is 10.0. The van der Waals surface area contributed by atoms with Crippen molar-refractivity contribution in [2.24, 2.45) is 0 Å². The Kier molecular flexibility index (Phi) is 2.11. The van der Waals surface area contributed by atoms with Crippen LogP contribution in [0.1, 0.15) is 5.56 Å². The first-order valence-corrected chi connectivity index (χ1v) is 6.93. The third-order valence-electron chi connectivity index (χ3n) is 3.49. The highest BCUT2D eigenvalue weighted by molar-refractivity contribution is 7.26. The predicted octanol–water partition coefficient (Wildman–Crippen LogP) is 5.08. The number of nitrogens with zero attached hydrogens (tertiary/aromatic N) is 1. The van der Waals surface area contributed by atoms with E-state index in [2.05, 4.69) is 36.4 Å². The Morgan fingerprint density at radius 3 is 2.47 bits per heavy atom. The summed E-state index contributed by atoms with van der Waals surface area (Å²) in [5.74, 6) is 0. The number of fused-ring (bicyclic) bond motifs is 5. The number of thiophene rings is 1. The van der Waals surface area contributed by atoms with E-state index in [9.17, 15) is 5.26 Å². The lowest BCUT2D eigenvalue weighted by Gasteiger charge is -2.01. The van der Waals surface area contributed by atoms with Crippen LogP contribution in [0.5, 0.6) is 0 Å². The maximum atomic E-state index is 9.43. The highest BCUT2D eigenvalue weighted by Crippen LogP contribution is 2.40. The van der Waals surface area contributed by atoms with Gasteiger partial charge in [-0.25, -0.2) is 0 Å². The van der Waals surface area contributed by atoms with Crippen LogP contribution >= 0.6 is 11.3 Å². The van der Waals surface area contributed by atoms with Crippen LogP contribution in [0.3, 0.4) is 0 Å². The fraction of sp³-hybridized carbons (Fsp3) is 0. The van der Waals surface area contributed by atoms with Gasteiger partial charge in [-0.1, -0.05) is 42.5 Å². The monoisotopic (exact) mass is 259 g/mol. The molecular formula is C17H9NS. The van der Waals surface area contributed by atoms with Crippen LogP contribution < -0.4 is 0 Å². The van der Waals surface area contributed by atoms with Crippen molar-refractivity contribution in [3.05, 3.63) is 60.2 Å². The van der Waals surface area contributed by atoms with Crippen molar-refractivity contribution < 1.29 is 0 Å². The summed E-state index contributed by atoms with van der Waals surface area (Å²) < 4.78 is 2.46. The van der Waals surface area contributed by atoms with Gasteiger partial charge in [-0.15, -0.1) is 11.3 Å². The smallest absolute Gasteiger partial charge is 0.0998 e. The lowest BCUT2D eigenvalue weighted by Crippen LogP contribution is -1.79. The molecule has 3 aromatic carbocycles. The molecule has 0 atom stereocenters. The van der Waals surface area contributed by atoms with E-state index in [1.807, 2.05) is 24.3 Å². The Bertz CT molecular complexity index is 973. The Hall–Kier alpha value is -2.37. The van der Waals surface area contributed by atoms with Crippen molar-refractivity contribution in [2.75, 3.05) is 0 Å². The van der Waals surface area contributed by atoms with Gasteiger partial charge in [-0.2, -0.15) is 5.26 Å². The third kappa shape index (κ3) is 1.39. The molecule has 0 saturated heterocycles. The molecule has 0 N–H and O–H groups in total. The first-order chi connectivity index (χ1) is 9.38. The molecule has 0 fully saturated rings. The summed E-state index contributed by atoms with van der Waals surface area (Å²) in [6.45, 7) is 0. The molecule has 1 aromatic heterocycles. The molecule has 19 heavy (non-hydrogen) atoms.